The SMILES string of the molecule is CC1(C)Cc2cc(C(=O)O)cc(C#N)c2O1. The predicted octanol–water partition coefficient (Wildman–Crippen LogP) is 1.97. The van der Waals surface area contributed by atoms with Crippen molar-refractivity contribution in [2.45, 2.75) is 25.9 Å². The lowest BCUT2D eigenvalue weighted by atomic mass is 9.98. The third-order valence-electron chi connectivity index (χ3n) is 2.53. The highest BCUT2D eigenvalue weighted by Gasteiger charge is 2.32. The van der Waals surface area contributed by atoms with Gasteiger partial charge in [0.25, 0.3) is 0 Å². The van der Waals surface area contributed by atoms with Crippen LogP contribution >= 0.6 is 0 Å². The molecule has 2 rings (SSSR count). The van der Waals surface area contributed by atoms with Crippen LogP contribution in [0.1, 0.15) is 35.3 Å². The number of hydrogen-bond acceptors (Lipinski definition) is 3. The van der Waals surface area contributed by atoms with E-state index in [0.29, 0.717) is 17.7 Å². The normalized spacial score (nSPS) is 16.1. The van der Waals surface area contributed by atoms with Crippen molar-refractivity contribution in [1.29, 1.82) is 5.26 Å². The van der Waals surface area contributed by atoms with Gasteiger partial charge in [0.15, 0.2) is 0 Å². The Morgan fingerprint density at radius 1 is 1.56 bits per heavy atom. The number of hydrogen-bond donors (Lipinski definition) is 1. The second kappa shape index (κ2) is 3.24. The molecule has 82 valence electrons. The molecule has 4 heteroatoms. The summed E-state index contributed by atoms with van der Waals surface area (Å²) in [6, 6.07) is 4.90. The van der Waals surface area contributed by atoms with Crippen LogP contribution in [0.5, 0.6) is 5.75 Å². The number of nitriles is 1. The molecule has 0 spiro atoms. The maximum absolute atomic E-state index is 10.9. The first-order valence-electron chi connectivity index (χ1n) is 4.92. The summed E-state index contributed by atoms with van der Waals surface area (Å²) < 4.78 is 5.64. The van der Waals surface area contributed by atoms with E-state index in [1.54, 1.807) is 6.07 Å². The molecule has 0 aromatic heterocycles. The molecule has 1 aromatic rings. The number of fused-ring (bicyclic) bond motifs is 1. The summed E-state index contributed by atoms with van der Waals surface area (Å²) in [5, 5.41) is 17.9. The maximum Gasteiger partial charge on any atom is 0.335 e. The number of ether oxygens (including phenoxy) is 1. The average molecular weight is 217 g/mol. The summed E-state index contributed by atoms with van der Waals surface area (Å²) >= 11 is 0. The average Bonchev–Trinajstić information content (AvgIpc) is 2.49. The quantitative estimate of drug-likeness (QED) is 0.780. The predicted molar refractivity (Wildman–Crippen MR) is 56.5 cm³/mol. The molecule has 0 bridgehead atoms. The van der Waals surface area contributed by atoms with Crippen molar-refractivity contribution < 1.29 is 14.6 Å². The molecule has 1 aromatic carbocycles. The molecule has 1 heterocycles. The largest absolute Gasteiger partial charge is 0.486 e. The lowest BCUT2D eigenvalue weighted by Gasteiger charge is -2.17. The number of rotatable bonds is 1. The van der Waals surface area contributed by atoms with E-state index in [-0.39, 0.29) is 11.2 Å². The zero-order valence-electron chi connectivity index (χ0n) is 9.07. The molecule has 1 aliphatic rings. The fourth-order valence-electron chi connectivity index (χ4n) is 1.92. The van der Waals surface area contributed by atoms with Crippen LogP contribution in [-0.4, -0.2) is 16.7 Å². The van der Waals surface area contributed by atoms with E-state index in [1.165, 1.54) is 6.07 Å². The standard InChI is InChI=1S/C12H11NO3/c1-12(2)5-8-3-7(11(14)15)4-9(6-13)10(8)16-12/h3-4H,5H2,1-2H3,(H,14,15). The molecule has 0 amide bonds. The Bertz CT molecular complexity index is 512. The highest BCUT2D eigenvalue weighted by Crippen LogP contribution is 2.38. The van der Waals surface area contributed by atoms with Crippen LogP contribution in [0.3, 0.4) is 0 Å². The van der Waals surface area contributed by atoms with Crippen LogP contribution < -0.4 is 4.74 Å². The van der Waals surface area contributed by atoms with Gasteiger partial charge in [-0.1, -0.05) is 0 Å². The minimum Gasteiger partial charge on any atom is -0.486 e. The summed E-state index contributed by atoms with van der Waals surface area (Å²) in [7, 11) is 0. The molecule has 16 heavy (non-hydrogen) atoms. The number of carboxylic acids is 1. The van der Waals surface area contributed by atoms with Crippen molar-refractivity contribution in [3.63, 3.8) is 0 Å². The van der Waals surface area contributed by atoms with Gasteiger partial charge in [0, 0.05) is 12.0 Å². The van der Waals surface area contributed by atoms with Gasteiger partial charge in [-0.15, -0.1) is 0 Å². The summed E-state index contributed by atoms with van der Waals surface area (Å²) in [5.41, 5.74) is 0.851. The molecular formula is C12H11NO3. The van der Waals surface area contributed by atoms with Gasteiger partial charge in [-0.2, -0.15) is 5.26 Å². The van der Waals surface area contributed by atoms with E-state index < -0.39 is 5.97 Å². The second-order valence-electron chi connectivity index (χ2n) is 4.47. The van der Waals surface area contributed by atoms with Gasteiger partial charge in [-0.05, 0) is 26.0 Å². The molecule has 0 saturated heterocycles. The maximum atomic E-state index is 10.9. The number of nitrogens with zero attached hydrogens (tertiary/aromatic N) is 1. The van der Waals surface area contributed by atoms with Gasteiger partial charge in [0.2, 0.25) is 0 Å². The third kappa shape index (κ3) is 1.61. The van der Waals surface area contributed by atoms with E-state index in [4.69, 9.17) is 15.1 Å². The summed E-state index contributed by atoms with van der Waals surface area (Å²) in [6.07, 6.45) is 0.623. The molecule has 4 nitrogen and oxygen atoms in total. The Morgan fingerprint density at radius 2 is 2.25 bits per heavy atom. The van der Waals surface area contributed by atoms with Crippen LogP contribution in [0, 0.1) is 11.3 Å². The fraction of sp³-hybridized carbons (Fsp3) is 0.333. The van der Waals surface area contributed by atoms with Crippen LogP contribution in [0.25, 0.3) is 0 Å². The van der Waals surface area contributed by atoms with Crippen molar-refractivity contribution >= 4 is 5.97 Å². The smallest absolute Gasteiger partial charge is 0.335 e. The van der Waals surface area contributed by atoms with Gasteiger partial charge in [0.05, 0.1) is 11.1 Å². The highest BCUT2D eigenvalue weighted by molar-refractivity contribution is 5.89. The van der Waals surface area contributed by atoms with Crippen LogP contribution in [0.15, 0.2) is 12.1 Å². The lowest BCUT2D eigenvalue weighted by Crippen LogP contribution is -2.24. The number of carbonyl (C=O) groups is 1. The van der Waals surface area contributed by atoms with Crippen molar-refractivity contribution in [1.82, 2.24) is 0 Å². The minimum absolute atomic E-state index is 0.136. The monoisotopic (exact) mass is 217 g/mol. The molecule has 0 atom stereocenters. The Labute approximate surface area is 93.1 Å². The zero-order valence-corrected chi connectivity index (χ0v) is 9.07. The van der Waals surface area contributed by atoms with E-state index >= 15 is 0 Å². The van der Waals surface area contributed by atoms with Crippen LogP contribution in [0.4, 0.5) is 0 Å². The molecule has 1 aliphatic heterocycles. The molecule has 0 saturated carbocycles. The Balaban J connectivity index is 2.59. The molecular weight excluding hydrogens is 206 g/mol. The molecule has 0 unspecified atom stereocenters. The summed E-state index contributed by atoms with van der Waals surface area (Å²) in [4.78, 5) is 10.9. The molecule has 0 fully saturated rings. The van der Waals surface area contributed by atoms with Gasteiger partial charge in [-0.25, -0.2) is 4.79 Å². The fourth-order valence-corrected chi connectivity index (χ4v) is 1.92. The Kier molecular flexibility index (Phi) is 2.13. The van der Waals surface area contributed by atoms with E-state index in [0.717, 1.165) is 5.56 Å². The van der Waals surface area contributed by atoms with Crippen LogP contribution in [0.2, 0.25) is 0 Å². The van der Waals surface area contributed by atoms with Gasteiger partial charge in [-0.3, -0.25) is 0 Å². The number of carboxylic acid groups (broad SMARTS) is 1. The van der Waals surface area contributed by atoms with Gasteiger partial charge >= 0.3 is 5.97 Å². The minimum atomic E-state index is -1.02. The Hall–Kier alpha value is -2.02. The van der Waals surface area contributed by atoms with E-state index in [2.05, 4.69) is 0 Å². The van der Waals surface area contributed by atoms with Crippen LogP contribution in [-0.2, 0) is 6.42 Å². The number of aromatic carboxylic acids is 1. The molecule has 0 aliphatic carbocycles. The molecule has 1 N–H and O–H groups in total. The summed E-state index contributed by atoms with van der Waals surface area (Å²) in [6.45, 7) is 3.82. The second-order valence-corrected chi connectivity index (χ2v) is 4.47. The van der Waals surface area contributed by atoms with E-state index in [1.807, 2.05) is 19.9 Å². The summed E-state index contributed by atoms with van der Waals surface area (Å²) in [5.74, 6) is -0.499. The van der Waals surface area contributed by atoms with Crippen molar-refractivity contribution in [3.8, 4) is 11.8 Å². The first-order valence-corrected chi connectivity index (χ1v) is 4.92. The zero-order chi connectivity index (χ0) is 11.9. The lowest BCUT2D eigenvalue weighted by molar-refractivity contribution is 0.0696. The first-order chi connectivity index (χ1) is 7.43. The molecule has 0 radical (unpaired) electrons. The van der Waals surface area contributed by atoms with E-state index in [9.17, 15) is 4.79 Å². The van der Waals surface area contributed by atoms with Crippen molar-refractivity contribution in [3.05, 3.63) is 28.8 Å². The first kappa shape index (κ1) is 10.5. The van der Waals surface area contributed by atoms with Gasteiger partial charge < -0.3 is 9.84 Å². The third-order valence-corrected chi connectivity index (χ3v) is 2.53. The van der Waals surface area contributed by atoms with Crippen molar-refractivity contribution in [2.75, 3.05) is 0 Å². The Morgan fingerprint density at radius 3 is 2.81 bits per heavy atom. The topological polar surface area (TPSA) is 70.3 Å². The number of benzene rings is 1. The van der Waals surface area contributed by atoms with Gasteiger partial charge in [0.1, 0.15) is 17.4 Å². The van der Waals surface area contributed by atoms with Crippen molar-refractivity contribution in [2.24, 2.45) is 0 Å². The highest BCUT2D eigenvalue weighted by atomic mass is 16.5.